The molecule has 37 heavy (non-hydrogen) atoms. The molecule has 0 saturated carbocycles. The summed E-state index contributed by atoms with van der Waals surface area (Å²) in [6, 6.07) is 23.4. The molecule has 2 amide bonds. The average molecular weight is 501 g/mol. The van der Waals surface area contributed by atoms with Crippen molar-refractivity contribution in [3.8, 4) is 5.75 Å². The molecule has 0 saturated heterocycles. The Morgan fingerprint density at radius 1 is 0.838 bits per heavy atom. The van der Waals surface area contributed by atoms with Crippen LogP contribution >= 0.6 is 0 Å². The zero-order valence-electron chi connectivity index (χ0n) is 23.2. The predicted octanol–water partition coefficient (Wildman–Crippen LogP) is 6.30. The summed E-state index contributed by atoms with van der Waals surface area (Å²) in [5, 5.41) is 2.97. The fourth-order valence-electron chi connectivity index (χ4n) is 4.10. The Kier molecular flexibility index (Phi) is 8.80. The zero-order valence-corrected chi connectivity index (χ0v) is 23.2. The zero-order chi connectivity index (χ0) is 27.2. The molecule has 0 aliphatic rings. The monoisotopic (exact) mass is 500 g/mol. The van der Waals surface area contributed by atoms with Gasteiger partial charge in [-0.2, -0.15) is 0 Å². The summed E-state index contributed by atoms with van der Waals surface area (Å²) in [5.41, 5.74) is 4.32. The van der Waals surface area contributed by atoms with Crippen LogP contribution in [0, 0.1) is 0 Å². The van der Waals surface area contributed by atoms with Crippen molar-refractivity contribution in [1.82, 2.24) is 5.32 Å². The molecule has 3 aromatic rings. The second-order valence-electron chi connectivity index (χ2n) is 11.5. The van der Waals surface area contributed by atoms with Gasteiger partial charge in [0.2, 0.25) is 0 Å². The molecule has 0 bridgehead atoms. The molecule has 0 unspecified atom stereocenters. The molecule has 0 aliphatic heterocycles. The molecule has 1 N–H and O–H groups in total. The van der Waals surface area contributed by atoms with Crippen molar-refractivity contribution < 1.29 is 14.3 Å². The van der Waals surface area contributed by atoms with Crippen molar-refractivity contribution in [3.63, 3.8) is 0 Å². The van der Waals surface area contributed by atoms with Gasteiger partial charge in [-0.05, 0) is 52.1 Å². The van der Waals surface area contributed by atoms with E-state index in [0.29, 0.717) is 23.5 Å². The van der Waals surface area contributed by atoms with E-state index in [-0.39, 0.29) is 29.3 Å². The van der Waals surface area contributed by atoms with E-state index in [4.69, 9.17) is 4.74 Å². The van der Waals surface area contributed by atoms with E-state index in [2.05, 4.69) is 59.0 Å². The van der Waals surface area contributed by atoms with Crippen LogP contribution in [0.25, 0.3) is 0 Å². The number of ether oxygens (including phenoxy) is 1. The molecule has 196 valence electrons. The topological polar surface area (TPSA) is 58.6 Å². The second-order valence-corrected chi connectivity index (χ2v) is 11.5. The third-order valence-electron chi connectivity index (χ3n) is 6.43. The summed E-state index contributed by atoms with van der Waals surface area (Å²) < 4.78 is 6.06. The van der Waals surface area contributed by atoms with Gasteiger partial charge in [-0.25, -0.2) is 0 Å². The first-order valence-electron chi connectivity index (χ1n) is 12.8. The van der Waals surface area contributed by atoms with Gasteiger partial charge in [-0.3, -0.25) is 9.59 Å². The number of hydrogen-bond acceptors (Lipinski definition) is 3. The molecule has 0 aliphatic carbocycles. The number of anilines is 1. The van der Waals surface area contributed by atoms with E-state index in [0.717, 1.165) is 17.5 Å². The third-order valence-corrected chi connectivity index (χ3v) is 6.43. The highest BCUT2D eigenvalue weighted by atomic mass is 16.5. The van der Waals surface area contributed by atoms with Crippen LogP contribution in [0.2, 0.25) is 0 Å². The van der Waals surface area contributed by atoms with Gasteiger partial charge < -0.3 is 15.0 Å². The average Bonchev–Trinajstić information content (AvgIpc) is 2.86. The first-order valence-corrected chi connectivity index (χ1v) is 12.8. The van der Waals surface area contributed by atoms with Gasteiger partial charge in [0.25, 0.3) is 11.8 Å². The molecule has 0 fully saturated rings. The Balaban J connectivity index is 1.70. The van der Waals surface area contributed by atoms with Crippen LogP contribution < -0.4 is 15.0 Å². The summed E-state index contributed by atoms with van der Waals surface area (Å²) in [6.45, 7) is 13.4. The van der Waals surface area contributed by atoms with Crippen LogP contribution in [0.4, 0.5) is 5.69 Å². The summed E-state index contributed by atoms with van der Waals surface area (Å²) in [4.78, 5) is 27.6. The molecule has 5 nitrogen and oxygen atoms in total. The summed E-state index contributed by atoms with van der Waals surface area (Å²) in [7, 11) is 1.68. The van der Waals surface area contributed by atoms with Gasteiger partial charge in [-0.1, -0.05) is 96.1 Å². The lowest BCUT2D eigenvalue weighted by Crippen LogP contribution is -2.34. The number of nitrogens with one attached hydrogen (secondary N) is 1. The molecule has 3 aromatic carbocycles. The number of benzene rings is 3. The number of carbonyl (C=O) groups excluding carboxylic acids is 2. The first-order chi connectivity index (χ1) is 17.4. The SMILES string of the molecule is CN(C(=O)COc1ccc(C(C)(C)C)cc1C(C)(C)C)c1ccccc1C(=O)NCCc1ccccc1. The molecule has 0 aromatic heterocycles. The standard InChI is InChI=1S/C32H40N2O3/c1-31(2,3)24-17-18-28(26(21-24)32(4,5)6)37-22-29(35)34(7)27-16-12-11-15-25(27)30(36)33-20-19-23-13-9-8-10-14-23/h8-18,21H,19-20,22H2,1-7H3,(H,33,36). The first kappa shape index (κ1) is 28.0. The van der Waals surface area contributed by atoms with Crippen molar-refractivity contribution in [2.45, 2.75) is 58.8 Å². The van der Waals surface area contributed by atoms with Gasteiger partial charge in [0.1, 0.15) is 5.75 Å². The molecule has 0 atom stereocenters. The van der Waals surface area contributed by atoms with Gasteiger partial charge in [0.05, 0.1) is 11.3 Å². The number of nitrogens with zero attached hydrogens (tertiary/aromatic N) is 1. The van der Waals surface area contributed by atoms with Crippen LogP contribution in [-0.2, 0) is 22.0 Å². The fourth-order valence-corrected chi connectivity index (χ4v) is 4.10. The van der Waals surface area contributed by atoms with Crippen molar-refractivity contribution in [2.24, 2.45) is 0 Å². The van der Waals surface area contributed by atoms with Crippen LogP contribution in [0.3, 0.4) is 0 Å². The Labute approximate surface area is 221 Å². The van der Waals surface area contributed by atoms with Gasteiger partial charge in [0.15, 0.2) is 6.61 Å². The van der Waals surface area contributed by atoms with Crippen molar-refractivity contribution in [3.05, 3.63) is 95.1 Å². The van der Waals surface area contributed by atoms with Crippen molar-refractivity contribution in [1.29, 1.82) is 0 Å². The maximum absolute atomic E-state index is 13.1. The minimum Gasteiger partial charge on any atom is -0.483 e. The summed E-state index contributed by atoms with van der Waals surface area (Å²) in [5.74, 6) is 0.262. The Hall–Kier alpha value is -3.60. The molecule has 0 heterocycles. The van der Waals surface area contributed by atoms with E-state index in [1.54, 1.807) is 25.2 Å². The Morgan fingerprint density at radius 2 is 1.49 bits per heavy atom. The second kappa shape index (κ2) is 11.6. The Bertz CT molecular complexity index is 1220. The Morgan fingerprint density at radius 3 is 2.14 bits per heavy atom. The number of rotatable bonds is 8. The normalized spacial score (nSPS) is 11.6. The maximum atomic E-state index is 13.1. The lowest BCUT2D eigenvalue weighted by Gasteiger charge is -2.27. The molecule has 5 heteroatoms. The van der Waals surface area contributed by atoms with Crippen molar-refractivity contribution in [2.75, 3.05) is 25.1 Å². The number of para-hydroxylation sites is 1. The molecule has 0 spiro atoms. The van der Waals surface area contributed by atoms with E-state index in [1.807, 2.05) is 42.5 Å². The molecular formula is C32H40N2O3. The third kappa shape index (κ3) is 7.45. The predicted molar refractivity (Wildman–Crippen MR) is 152 cm³/mol. The lowest BCUT2D eigenvalue weighted by atomic mass is 9.80. The summed E-state index contributed by atoms with van der Waals surface area (Å²) >= 11 is 0. The molecule has 0 radical (unpaired) electrons. The summed E-state index contributed by atoms with van der Waals surface area (Å²) in [6.07, 6.45) is 0.738. The minimum absolute atomic E-state index is 0.0138. The van der Waals surface area contributed by atoms with Crippen LogP contribution in [-0.4, -0.2) is 32.0 Å². The van der Waals surface area contributed by atoms with E-state index in [9.17, 15) is 9.59 Å². The highest BCUT2D eigenvalue weighted by molar-refractivity contribution is 6.04. The largest absolute Gasteiger partial charge is 0.483 e. The van der Waals surface area contributed by atoms with Crippen LogP contribution in [0.1, 0.15) is 68.6 Å². The molecule has 3 rings (SSSR count). The highest BCUT2D eigenvalue weighted by Crippen LogP contribution is 2.35. The quantitative estimate of drug-likeness (QED) is 0.395. The smallest absolute Gasteiger partial charge is 0.264 e. The van der Waals surface area contributed by atoms with Gasteiger partial charge in [0, 0.05) is 13.6 Å². The van der Waals surface area contributed by atoms with Crippen LogP contribution in [0.5, 0.6) is 5.75 Å². The minimum atomic E-state index is -0.232. The van der Waals surface area contributed by atoms with E-state index >= 15 is 0 Å². The van der Waals surface area contributed by atoms with Crippen LogP contribution in [0.15, 0.2) is 72.8 Å². The van der Waals surface area contributed by atoms with E-state index < -0.39 is 0 Å². The lowest BCUT2D eigenvalue weighted by molar-refractivity contribution is -0.120. The highest BCUT2D eigenvalue weighted by Gasteiger charge is 2.24. The fraction of sp³-hybridized carbons (Fsp3) is 0.375. The number of hydrogen-bond donors (Lipinski definition) is 1. The maximum Gasteiger partial charge on any atom is 0.264 e. The van der Waals surface area contributed by atoms with Crippen molar-refractivity contribution >= 4 is 17.5 Å². The van der Waals surface area contributed by atoms with E-state index in [1.165, 1.54) is 10.5 Å². The number of amides is 2. The number of likely N-dealkylation sites (N-methyl/N-ethyl adjacent to an activating group) is 1. The molecular weight excluding hydrogens is 460 g/mol. The van der Waals surface area contributed by atoms with Gasteiger partial charge in [-0.15, -0.1) is 0 Å². The van der Waals surface area contributed by atoms with Gasteiger partial charge >= 0.3 is 0 Å². The number of carbonyl (C=O) groups is 2.